The largest absolute Gasteiger partial charge is 0.467 e. The molecule has 5 nitrogen and oxygen atoms in total. The minimum atomic E-state index is -1.57. The van der Waals surface area contributed by atoms with Gasteiger partial charge in [-0.25, -0.2) is 13.2 Å². The van der Waals surface area contributed by atoms with Crippen molar-refractivity contribution in [3.8, 4) is 0 Å². The number of nitrogens with zero attached hydrogens (tertiary/aromatic N) is 1. The van der Waals surface area contributed by atoms with Crippen LogP contribution in [0.2, 0.25) is 0 Å². The summed E-state index contributed by atoms with van der Waals surface area (Å²) >= 11 is 0. The predicted molar refractivity (Wildman–Crippen MR) is 83.7 cm³/mol. The van der Waals surface area contributed by atoms with Crippen molar-refractivity contribution >= 4 is 17.3 Å². The van der Waals surface area contributed by atoms with E-state index in [0.29, 0.717) is 11.4 Å². The number of rotatable bonds is 5. The highest BCUT2D eigenvalue weighted by Crippen LogP contribution is 2.23. The summed E-state index contributed by atoms with van der Waals surface area (Å²) in [7, 11) is 0. The number of benzene rings is 1. The van der Waals surface area contributed by atoms with E-state index < -0.39 is 23.4 Å². The molecule has 1 amide bonds. The molecule has 0 atom stereocenters. The fourth-order valence-electron chi connectivity index (χ4n) is 2.08. The first kappa shape index (κ1) is 16.6. The van der Waals surface area contributed by atoms with Crippen LogP contribution in [0.4, 0.5) is 24.5 Å². The number of aromatic nitrogens is 1. The van der Waals surface area contributed by atoms with E-state index in [-0.39, 0.29) is 17.9 Å². The number of hydrogen-bond acceptors (Lipinski definition) is 4. The maximum Gasteiger partial charge on any atom is 0.270 e. The number of hydrogen-bond donors (Lipinski definition) is 2. The van der Waals surface area contributed by atoms with E-state index in [9.17, 15) is 18.0 Å². The molecule has 2 aromatic heterocycles. The van der Waals surface area contributed by atoms with E-state index in [1.54, 1.807) is 12.1 Å². The molecule has 0 bridgehead atoms. The molecule has 0 saturated carbocycles. The lowest BCUT2D eigenvalue weighted by Crippen LogP contribution is -2.23. The molecule has 128 valence electrons. The maximum absolute atomic E-state index is 13.7. The van der Waals surface area contributed by atoms with Gasteiger partial charge in [-0.2, -0.15) is 0 Å². The zero-order valence-electron chi connectivity index (χ0n) is 12.7. The molecular weight excluding hydrogens is 335 g/mol. The van der Waals surface area contributed by atoms with Crippen LogP contribution in [0.15, 0.2) is 53.3 Å². The van der Waals surface area contributed by atoms with Crippen LogP contribution in [0, 0.1) is 17.5 Å². The topological polar surface area (TPSA) is 67.2 Å². The molecule has 0 spiro atoms. The lowest BCUT2D eigenvalue weighted by Gasteiger charge is -2.09. The third-order valence-corrected chi connectivity index (χ3v) is 3.31. The first-order valence-corrected chi connectivity index (χ1v) is 7.22. The number of anilines is 2. The van der Waals surface area contributed by atoms with Gasteiger partial charge in [-0.05, 0) is 36.4 Å². The molecule has 3 aromatic rings. The normalized spacial score (nSPS) is 10.5. The van der Waals surface area contributed by atoms with Gasteiger partial charge in [-0.3, -0.25) is 9.78 Å². The maximum atomic E-state index is 13.7. The van der Waals surface area contributed by atoms with Crippen molar-refractivity contribution in [2.24, 2.45) is 0 Å². The molecule has 1 aromatic carbocycles. The summed E-state index contributed by atoms with van der Waals surface area (Å²) in [6, 6.07) is 8.09. The Morgan fingerprint density at radius 2 is 1.96 bits per heavy atom. The summed E-state index contributed by atoms with van der Waals surface area (Å²) in [5, 5.41) is 5.20. The molecule has 2 heterocycles. The monoisotopic (exact) mass is 347 g/mol. The molecule has 2 N–H and O–H groups in total. The Morgan fingerprint density at radius 1 is 1.12 bits per heavy atom. The zero-order valence-corrected chi connectivity index (χ0v) is 12.7. The first-order valence-electron chi connectivity index (χ1n) is 7.22. The fraction of sp³-hybridized carbons (Fsp3) is 0.0588. The number of carbonyl (C=O) groups excluding carboxylic acids is 1. The second kappa shape index (κ2) is 7.08. The van der Waals surface area contributed by atoms with Crippen molar-refractivity contribution in [2.75, 3.05) is 5.32 Å². The molecular formula is C17H12F3N3O2. The highest BCUT2D eigenvalue weighted by atomic mass is 19.2. The predicted octanol–water partition coefficient (Wildman–Crippen LogP) is 3.77. The van der Waals surface area contributed by atoms with Gasteiger partial charge in [0.05, 0.1) is 18.5 Å². The van der Waals surface area contributed by atoms with E-state index in [0.717, 1.165) is 12.1 Å². The second-order valence-corrected chi connectivity index (χ2v) is 5.04. The lowest BCUT2D eigenvalue weighted by molar-refractivity contribution is 0.0943. The summed E-state index contributed by atoms with van der Waals surface area (Å²) in [4.78, 5) is 16.0. The van der Waals surface area contributed by atoms with Gasteiger partial charge in [0.25, 0.3) is 5.91 Å². The molecule has 0 aliphatic heterocycles. The Bertz CT molecular complexity index is 898. The van der Waals surface area contributed by atoms with Gasteiger partial charge in [0.15, 0.2) is 17.5 Å². The average Bonchev–Trinajstić information content (AvgIpc) is 3.14. The third kappa shape index (κ3) is 3.79. The Hall–Kier alpha value is -3.29. The van der Waals surface area contributed by atoms with Gasteiger partial charge in [0, 0.05) is 11.9 Å². The van der Waals surface area contributed by atoms with Crippen LogP contribution in [-0.2, 0) is 6.54 Å². The van der Waals surface area contributed by atoms with Gasteiger partial charge >= 0.3 is 0 Å². The third-order valence-electron chi connectivity index (χ3n) is 3.31. The SMILES string of the molecule is O=C(NCc1ccco1)c1cc(Nc2ccc(F)c(F)c2F)ccn1. The van der Waals surface area contributed by atoms with Gasteiger partial charge < -0.3 is 15.1 Å². The number of pyridine rings is 1. The van der Waals surface area contributed by atoms with Crippen LogP contribution >= 0.6 is 0 Å². The number of halogens is 3. The molecule has 0 aliphatic rings. The summed E-state index contributed by atoms with van der Waals surface area (Å²) in [6.45, 7) is 0.184. The van der Waals surface area contributed by atoms with Gasteiger partial charge in [-0.15, -0.1) is 0 Å². The van der Waals surface area contributed by atoms with Crippen LogP contribution in [0.5, 0.6) is 0 Å². The van der Waals surface area contributed by atoms with E-state index in [1.807, 2.05) is 0 Å². The molecule has 0 saturated heterocycles. The standard InChI is InChI=1S/C17H12F3N3O2/c18-12-3-4-13(16(20)15(12)19)23-10-5-6-21-14(8-10)17(24)22-9-11-2-1-7-25-11/h1-8H,9H2,(H,21,23)(H,22,24). The minimum absolute atomic E-state index is 0.0690. The Kier molecular flexibility index (Phi) is 4.69. The van der Waals surface area contributed by atoms with Gasteiger partial charge in [0.2, 0.25) is 0 Å². The average molecular weight is 347 g/mol. The van der Waals surface area contributed by atoms with Crippen molar-refractivity contribution in [2.45, 2.75) is 6.54 Å². The Labute approximate surface area is 140 Å². The van der Waals surface area contributed by atoms with Gasteiger partial charge in [-0.1, -0.05) is 0 Å². The van der Waals surface area contributed by atoms with E-state index in [4.69, 9.17) is 4.42 Å². The quantitative estimate of drug-likeness (QED) is 0.690. The number of amides is 1. The van der Waals surface area contributed by atoms with Crippen molar-refractivity contribution in [1.82, 2.24) is 10.3 Å². The van der Waals surface area contributed by atoms with Crippen LogP contribution in [0.3, 0.4) is 0 Å². The molecule has 3 rings (SSSR count). The van der Waals surface area contributed by atoms with Gasteiger partial charge in [0.1, 0.15) is 11.5 Å². The van der Waals surface area contributed by atoms with Crippen molar-refractivity contribution in [3.05, 3.63) is 77.8 Å². The highest BCUT2D eigenvalue weighted by Gasteiger charge is 2.14. The van der Waals surface area contributed by atoms with Crippen LogP contribution < -0.4 is 10.6 Å². The number of furan rings is 1. The fourth-order valence-corrected chi connectivity index (χ4v) is 2.08. The Balaban J connectivity index is 1.73. The summed E-state index contributed by atoms with van der Waals surface area (Å²) < 4.78 is 45.0. The summed E-state index contributed by atoms with van der Waals surface area (Å²) in [5.74, 6) is -4.09. The van der Waals surface area contributed by atoms with Crippen LogP contribution in [-0.4, -0.2) is 10.9 Å². The number of nitrogens with one attached hydrogen (secondary N) is 2. The van der Waals surface area contributed by atoms with Crippen LogP contribution in [0.1, 0.15) is 16.2 Å². The van der Waals surface area contributed by atoms with Crippen molar-refractivity contribution in [3.63, 3.8) is 0 Å². The van der Waals surface area contributed by atoms with E-state index in [2.05, 4.69) is 15.6 Å². The molecule has 8 heteroatoms. The molecule has 0 radical (unpaired) electrons. The molecule has 25 heavy (non-hydrogen) atoms. The van der Waals surface area contributed by atoms with Crippen LogP contribution in [0.25, 0.3) is 0 Å². The van der Waals surface area contributed by atoms with Crippen molar-refractivity contribution in [1.29, 1.82) is 0 Å². The first-order chi connectivity index (χ1) is 12.0. The summed E-state index contributed by atoms with van der Waals surface area (Å²) in [5.41, 5.74) is 0.106. The molecule has 0 unspecified atom stereocenters. The molecule has 0 aliphatic carbocycles. The zero-order chi connectivity index (χ0) is 17.8. The Morgan fingerprint density at radius 3 is 2.72 bits per heavy atom. The lowest BCUT2D eigenvalue weighted by atomic mass is 10.2. The molecule has 0 fully saturated rings. The highest BCUT2D eigenvalue weighted by molar-refractivity contribution is 5.93. The minimum Gasteiger partial charge on any atom is -0.467 e. The second-order valence-electron chi connectivity index (χ2n) is 5.04. The van der Waals surface area contributed by atoms with Crippen molar-refractivity contribution < 1.29 is 22.4 Å². The summed E-state index contributed by atoms with van der Waals surface area (Å²) in [6.07, 6.45) is 2.82. The van der Waals surface area contributed by atoms with E-state index >= 15 is 0 Å². The van der Waals surface area contributed by atoms with E-state index in [1.165, 1.54) is 24.6 Å². The number of carbonyl (C=O) groups is 1. The smallest absolute Gasteiger partial charge is 0.270 e.